The van der Waals surface area contributed by atoms with Crippen LogP contribution in [0.1, 0.15) is 11.1 Å². The highest BCUT2D eigenvalue weighted by molar-refractivity contribution is 6.36. The lowest BCUT2D eigenvalue weighted by atomic mass is 10.0. The van der Waals surface area contributed by atoms with E-state index in [9.17, 15) is 9.90 Å². The normalized spacial score (nSPS) is 15.4. The van der Waals surface area contributed by atoms with E-state index in [1.54, 1.807) is 42.5 Å². The first-order chi connectivity index (χ1) is 9.15. The summed E-state index contributed by atoms with van der Waals surface area (Å²) < 4.78 is 0. The second kappa shape index (κ2) is 4.44. The number of hydrogen-bond acceptors (Lipinski definition) is 2. The fourth-order valence-electron chi connectivity index (χ4n) is 2.08. The first-order valence-corrected chi connectivity index (χ1v) is 6.14. The zero-order valence-electron chi connectivity index (χ0n) is 9.85. The molecule has 0 radical (unpaired) electrons. The molecule has 0 bridgehead atoms. The molecule has 0 fully saturated rings. The fourth-order valence-corrected chi connectivity index (χ4v) is 2.25. The van der Waals surface area contributed by atoms with Crippen LogP contribution in [0.25, 0.3) is 11.6 Å². The summed E-state index contributed by atoms with van der Waals surface area (Å²) in [5.74, 6) is -0.0502. The quantitative estimate of drug-likeness (QED) is 0.780. The zero-order chi connectivity index (χ0) is 13.4. The first kappa shape index (κ1) is 11.8. The van der Waals surface area contributed by atoms with Crippen molar-refractivity contribution in [3.05, 3.63) is 58.6 Å². The van der Waals surface area contributed by atoms with E-state index in [2.05, 4.69) is 5.32 Å². The van der Waals surface area contributed by atoms with E-state index in [-0.39, 0.29) is 11.7 Å². The Labute approximate surface area is 115 Å². The summed E-state index contributed by atoms with van der Waals surface area (Å²) in [6.45, 7) is 0. The lowest BCUT2D eigenvalue weighted by Crippen LogP contribution is -2.03. The largest absolute Gasteiger partial charge is 0.507 e. The monoisotopic (exact) mass is 271 g/mol. The van der Waals surface area contributed by atoms with Gasteiger partial charge in [0.15, 0.2) is 0 Å². The first-order valence-electron chi connectivity index (χ1n) is 5.76. The van der Waals surface area contributed by atoms with E-state index in [1.807, 2.05) is 6.07 Å². The molecule has 1 aliphatic rings. The van der Waals surface area contributed by atoms with Gasteiger partial charge in [-0.15, -0.1) is 0 Å². The van der Waals surface area contributed by atoms with Gasteiger partial charge in [0.1, 0.15) is 5.75 Å². The maximum Gasteiger partial charge on any atom is 0.256 e. The molecule has 2 N–H and O–H groups in total. The molecule has 19 heavy (non-hydrogen) atoms. The molecule has 0 aliphatic carbocycles. The predicted octanol–water partition coefficient (Wildman–Crippen LogP) is 3.54. The lowest BCUT2D eigenvalue weighted by Gasteiger charge is -2.01. The third kappa shape index (κ3) is 2.09. The van der Waals surface area contributed by atoms with Crippen molar-refractivity contribution >= 4 is 34.8 Å². The van der Waals surface area contributed by atoms with Crippen LogP contribution in [-0.2, 0) is 4.79 Å². The number of anilines is 1. The number of aromatic hydroxyl groups is 1. The van der Waals surface area contributed by atoms with Crippen LogP contribution in [0.5, 0.6) is 5.75 Å². The number of phenolic OH excluding ortho intramolecular Hbond substituents is 1. The van der Waals surface area contributed by atoms with E-state index in [0.29, 0.717) is 21.8 Å². The number of hydrogen-bond donors (Lipinski definition) is 2. The summed E-state index contributed by atoms with van der Waals surface area (Å²) >= 11 is 5.89. The van der Waals surface area contributed by atoms with Crippen molar-refractivity contribution in [2.45, 2.75) is 0 Å². The molecular weight excluding hydrogens is 262 g/mol. The molecule has 1 heterocycles. The van der Waals surface area contributed by atoms with Crippen LogP contribution >= 0.6 is 11.6 Å². The molecule has 1 amide bonds. The molecule has 0 aromatic heterocycles. The maximum atomic E-state index is 12.0. The Morgan fingerprint density at radius 3 is 2.74 bits per heavy atom. The third-order valence-corrected chi connectivity index (χ3v) is 3.24. The smallest absolute Gasteiger partial charge is 0.256 e. The van der Waals surface area contributed by atoms with E-state index in [0.717, 1.165) is 5.56 Å². The Morgan fingerprint density at radius 1 is 1.16 bits per heavy atom. The Morgan fingerprint density at radius 2 is 1.95 bits per heavy atom. The Hall–Kier alpha value is -2.26. The minimum atomic E-state index is -0.194. The minimum absolute atomic E-state index is 0.144. The topological polar surface area (TPSA) is 49.3 Å². The molecular formula is C15H10ClNO2. The van der Waals surface area contributed by atoms with Crippen molar-refractivity contribution in [3.63, 3.8) is 0 Å². The summed E-state index contributed by atoms with van der Waals surface area (Å²) in [5.41, 5.74) is 2.61. The molecule has 4 heteroatoms. The number of fused-ring (bicyclic) bond motifs is 1. The van der Waals surface area contributed by atoms with Gasteiger partial charge in [-0.05, 0) is 24.3 Å². The Balaban J connectivity index is 2.12. The number of rotatable bonds is 1. The van der Waals surface area contributed by atoms with E-state index in [4.69, 9.17) is 11.6 Å². The highest BCUT2D eigenvalue weighted by Gasteiger charge is 2.24. The van der Waals surface area contributed by atoms with Crippen LogP contribution in [0.4, 0.5) is 5.69 Å². The van der Waals surface area contributed by atoms with Crippen molar-refractivity contribution in [3.8, 4) is 5.75 Å². The second-order valence-corrected chi connectivity index (χ2v) is 4.70. The van der Waals surface area contributed by atoms with Gasteiger partial charge in [0.05, 0.1) is 5.69 Å². The van der Waals surface area contributed by atoms with Gasteiger partial charge in [-0.25, -0.2) is 0 Å². The summed E-state index contributed by atoms with van der Waals surface area (Å²) in [5, 5.41) is 13.1. The molecule has 94 valence electrons. The number of para-hydroxylation sites is 1. The zero-order valence-corrected chi connectivity index (χ0v) is 10.6. The van der Waals surface area contributed by atoms with Gasteiger partial charge in [-0.3, -0.25) is 4.79 Å². The van der Waals surface area contributed by atoms with Crippen LogP contribution in [0.2, 0.25) is 5.02 Å². The van der Waals surface area contributed by atoms with Gasteiger partial charge < -0.3 is 10.4 Å². The van der Waals surface area contributed by atoms with Crippen molar-refractivity contribution in [2.24, 2.45) is 0 Å². The Kier molecular flexibility index (Phi) is 2.76. The molecule has 3 nitrogen and oxygen atoms in total. The Bertz CT molecular complexity index is 707. The number of amides is 1. The van der Waals surface area contributed by atoms with E-state index >= 15 is 0 Å². The van der Waals surface area contributed by atoms with Crippen molar-refractivity contribution in [1.29, 1.82) is 0 Å². The molecule has 0 saturated carbocycles. The van der Waals surface area contributed by atoms with Crippen LogP contribution in [0.15, 0.2) is 42.5 Å². The molecule has 0 spiro atoms. The van der Waals surface area contributed by atoms with Gasteiger partial charge in [-0.2, -0.15) is 0 Å². The molecule has 0 saturated heterocycles. The van der Waals surface area contributed by atoms with Crippen LogP contribution < -0.4 is 5.32 Å². The van der Waals surface area contributed by atoms with Gasteiger partial charge in [0, 0.05) is 21.7 Å². The standard InChI is InChI=1S/C15H10ClNO2/c16-10-5-6-11-12(15(19)17-13(11)8-10)7-9-3-1-2-4-14(9)18/h1-8,18H,(H,17,19)/b12-7-. The van der Waals surface area contributed by atoms with Crippen LogP contribution in [0, 0.1) is 0 Å². The molecule has 0 unspecified atom stereocenters. The van der Waals surface area contributed by atoms with Gasteiger partial charge >= 0.3 is 0 Å². The average molecular weight is 272 g/mol. The van der Waals surface area contributed by atoms with Crippen LogP contribution in [0.3, 0.4) is 0 Å². The number of carbonyl (C=O) groups excluding carboxylic acids is 1. The summed E-state index contributed by atoms with van der Waals surface area (Å²) in [4.78, 5) is 12.0. The van der Waals surface area contributed by atoms with Gasteiger partial charge in [0.25, 0.3) is 5.91 Å². The van der Waals surface area contributed by atoms with E-state index < -0.39 is 0 Å². The predicted molar refractivity (Wildman–Crippen MR) is 76.1 cm³/mol. The molecule has 0 atom stereocenters. The van der Waals surface area contributed by atoms with E-state index in [1.165, 1.54) is 0 Å². The second-order valence-electron chi connectivity index (χ2n) is 4.26. The highest BCUT2D eigenvalue weighted by atomic mass is 35.5. The number of benzene rings is 2. The van der Waals surface area contributed by atoms with Crippen molar-refractivity contribution < 1.29 is 9.90 Å². The maximum absolute atomic E-state index is 12.0. The van der Waals surface area contributed by atoms with Crippen molar-refractivity contribution in [1.82, 2.24) is 0 Å². The molecule has 2 aromatic carbocycles. The molecule has 1 aliphatic heterocycles. The molecule has 2 aromatic rings. The summed E-state index contributed by atoms with van der Waals surface area (Å²) in [6, 6.07) is 12.1. The van der Waals surface area contributed by atoms with Crippen LogP contribution in [-0.4, -0.2) is 11.0 Å². The minimum Gasteiger partial charge on any atom is -0.507 e. The third-order valence-electron chi connectivity index (χ3n) is 3.00. The highest BCUT2D eigenvalue weighted by Crippen LogP contribution is 2.35. The van der Waals surface area contributed by atoms with Gasteiger partial charge in [-0.1, -0.05) is 35.9 Å². The summed E-state index contributed by atoms with van der Waals surface area (Å²) in [7, 11) is 0. The number of phenols is 1. The fraction of sp³-hybridized carbons (Fsp3) is 0. The number of nitrogens with one attached hydrogen (secondary N) is 1. The van der Waals surface area contributed by atoms with Crippen molar-refractivity contribution in [2.75, 3.05) is 5.32 Å². The summed E-state index contributed by atoms with van der Waals surface area (Å²) in [6.07, 6.45) is 1.67. The average Bonchev–Trinajstić information content (AvgIpc) is 2.68. The van der Waals surface area contributed by atoms with Gasteiger partial charge in [0.2, 0.25) is 0 Å². The SMILES string of the molecule is O=C1Nc2cc(Cl)ccc2/C1=C/c1ccccc1O. The number of carbonyl (C=O) groups is 1. The number of halogens is 1. The lowest BCUT2D eigenvalue weighted by molar-refractivity contribution is -0.110. The molecule has 3 rings (SSSR count).